The fourth-order valence-electron chi connectivity index (χ4n) is 2.96. The number of pyridine rings is 1. The molecule has 5 nitrogen and oxygen atoms in total. The Morgan fingerprint density at radius 2 is 2.24 bits per heavy atom. The standard InChI is InChI=1S/C15H20ClN3O2/c1-9(16)13-17-11-5-6-12(20-4)18-14(11)19(13)15(3)7-8-21-10(15)2/h5-6,9-10H,7-8H2,1-4H3. The first-order chi connectivity index (χ1) is 9.97. The van der Waals surface area contributed by atoms with Crippen LogP contribution in [-0.4, -0.2) is 34.4 Å². The number of hydrogen-bond donors (Lipinski definition) is 0. The van der Waals surface area contributed by atoms with Gasteiger partial charge in [-0.3, -0.25) is 0 Å². The van der Waals surface area contributed by atoms with Gasteiger partial charge in [0.05, 0.1) is 24.1 Å². The molecule has 21 heavy (non-hydrogen) atoms. The van der Waals surface area contributed by atoms with Gasteiger partial charge in [0.2, 0.25) is 5.88 Å². The van der Waals surface area contributed by atoms with Gasteiger partial charge < -0.3 is 14.0 Å². The van der Waals surface area contributed by atoms with Crippen LogP contribution in [0.4, 0.5) is 0 Å². The molecule has 0 spiro atoms. The molecule has 2 aromatic heterocycles. The van der Waals surface area contributed by atoms with E-state index in [0.717, 1.165) is 30.0 Å². The first-order valence-corrected chi connectivity index (χ1v) is 7.60. The first kappa shape index (κ1) is 14.6. The normalized spacial score (nSPS) is 27.2. The monoisotopic (exact) mass is 309 g/mol. The summed E-state index contributed by atoms with van der Waals surface area (Å²) >= 11 is 6.36. The third kappa shape index (κ3) is 2.19. The fraction of sp³-hybridized carbons (Fsp3) is 0.600. The molecule has 2 aromatic rings. The van der Waals surface area contributed by atoms with E-state index in [0.29, 0.717) is 5.88 Å². The van der Waals surface area contributed by atoms with Crippen molar-refractivity contribution in [3.63, 3.8) is 0 Å². The number of methoxy groups -OCH3 is 1. The molecule has 1 saturated heterocycles. The fourth-order valence-corrected chi connectivity index (χ4v) is 3.11. The second-order valence-electron chi connectivity index (χ2n) is 5.74. The molecule has 0 aromatic carbocycles. The highest BCUT2D eigenvalue weighted by Crippen LogP contribution is 2.39. The number of hydrogen-bond acceptors (Lipinski definition) is 4. The summed E-state index contributed by atoms with van der Waals surface area (Å²) in [7, 11) is 1.61. The molecule has 0 saturated carbocycles. The lowest BCUT2D eigenvalue weighted by Gasteiger charge is -2.31. The van der Waals surface area contributed by atoms with Gasteiger partial charge in [-0.2, -0.15) is 4.98 Å². The van der Waals surface area contributed by atoms with Gasteiger partial charge in [0.15, 0.2) is 5.65 Å². The average Bonchev–Trinajstić information content (AvgIpc) is 3.00. The van der Waals surface area contributed by atoms with Gasteiger partial charge >= 0.3 is 0 Å². The van der Waals surface area contributed by atoms with Crippen molar-refractivity contribution in [2.45, 2.75) is 44.2 Å². The minimum Gasteiger partial charge on any atom is -0.481 e. The molecule has 0 radical (unpaired) electrons. The van der Waals surface area contributed by atoms with Crippen LogP contribution in [0.15, 0.2) is 12.1 Å². The summed E-state index contributed by atoms with van der Waals surface area (Å²) in [6.07, 6.45) is 0.992. The highest BCUT2D eigenvalue weighted by atomic mass is 35.5. The Morgan fingerprint density at radius 1 is 1.48 bits per heavy atom. The van der Waals surface area contributed by atoms with Crippen LogP contribution in [0, 0.1) is 0 Å². The van der Waals surface area contributed by atoms with Crippen molar-refractivity contribution in [2.24, 2.45) is 0 Å². The lowest BCUT2D eigenvalue weighted by molar-refractivity contribution is 0.0761. The quantitative estimate of drug-likeness (QED) is 0.817. The van der Waals surface area contributed by atoms with Crippen LogP contribution in [-0.2, 0) is 10.3 Å². The largest absolute Gasteiger partial charge is 0.481 e. The van der Waals surface area contributed by atoms with Gasteiger partial charge in [0.25, 0.3) is 0 Å². The summed E-state index contributed by atoms with van der Waals surface area (Å²) in [5, 5.41) is -0.199. The highest BCUT2D eigenvalue weighted by Gasteiger charge is 2.42. The topological polar surface area (TPSA) is 49.2 Å². The van der Waals surface area contributed by atoms with Crippen LogP contribution in [0.3, 0.4) is 0 Å². The Morgan fingerprint density at radius 3 is 2.81 bits per heavy atom. The summed E-state index contributed by atoms with van der Waals surface area (Å²) < 4.78 is 13.2. The van der Waals surface area contributed by atoms with E-state index in [4.69, 9.17) is 21.1 Å². The second kappa shape index (κ2) is 5.14. The molecule has 0 amide bonds. The molecule has 0 aliphatic carbocycles. The van der Waals surface area contributed by atoms with Crippen LogP contribution in [0.25, 0.3) is 11.2 Å². The maximum Gasteiger partial charge on any atom is 0.215 e. The zero-order chi connectivity index (χ0) is 15.2. The molecule has 3 rings (SSSR count). The van der Waals surface area contributed by atoms with Crippen molar-refractivity contribution in [3.8, 4) is 5.88 Å². The smallest absolute Gasteiger partial charge is 0.215 e. The Balaban J connectivity index is 2.29. The number of rotatable bonds is 3. The second-order valence-corrected chi connectivity index (χ2v) is 6.39. The molecule has 0 bridgehead atoms. The Kier molecular flexibility index (Phi) is 3.58. The molecule has 1 aliphatic rings. The van der Waals surface area contributed by atoms with Crippen molar-refractivity contribution >= 4 is 22.8 Å². The van der Waals surface area contributed by atoms with Crippen molar-refractivity contribution in [1.29, 1.82) is 0 Å². The maximum absolute atomic E-state index is 6.36. The van der Waals surface area contributed by atoms with E-state index in [9.17, 15) is 0 Å². The third-order valence-electron chi connectivity index (χ3n) is 4.43. The zero-order valence-corrected chi connectivity index (χ0v) is 13.5. The van der Waals surface area contributed by atoms with E-state index in [2.05, 4.69) is 28.4 Å². The average molecular weight is 310 g/mol. The Bertz CT molecular complexity index is 670. The summed E-state index contributed by atoms with van der Waals surface area (Å²) in [6, 6.07) is 3.74. The summed E-state index contributed by atoms with van der Waals surface area (Å²) in [5.74, 6) is 1.40. The van der Waals surface area contributed by atoms with Crippen LogP contribution >= 0.6 is 11.6 Å². The van der Waals surface area contributed by atoms with Crippen LogP contribution < -0.4 is 4.74 Å². The Hall–Kier alpha value is -1.33. The minimum atomic E-state index is -0.202. The molecule has 1 fully saturated rings. The van der Waals surface area contributed by atoms with Crippen molar-refractivity contribution in [3.05, 3.63) is 18.0 Å². The van der Waals surface area contributed by atoms with E-state index >= 15 is 0 Å². The van der Waals surface area contributed by atoms with Crippen molar-refractivity contribution in [2.75, 3.05) is 13.7 Å². The van der Waals surface area contributed by atoms with Gasteiger partial charge in [-0.15, -0.1) is 11.6 Å². The first-order valence-electron chi connectivity index (χ1n) is 7.17. The number of aromatic nitrogens is 3. The molecule has 3 heterocycles. The molecular weight excluding hydrogens is 290 g/mol. The van der Waals surface area contributed by atoms with E-state index in [1.165, 1.54) is 0 Å². The predicted octanol–water partition coefficient (Wildman–Crippen LogP) is 3.26. The predicted molar refractivity (Wildman–Crippen MR) is 82.0 cm³/mol. The zero-order valence-electron chi connectivity index (χ0n) is 12.8. The van der Waals surface area contributed by atoms with E-state index in [-0.39, 0.29) is 17.0 Å². The van der Waals surface area contributed by atoms with Crippen molar-refractivity contribution < 1.29 is 9.47 Å². The van der Waals surface area contributed by atoms with Gasteiger partial charge in [-0.1, -0.05) is 0 Å². The molecule has 6 heteroatoms. The molecule has 3 atom stereocenters. The number of fused-ring (bicyclic) bond motifs is 1. The van der Waals surface area contributed by atoms with Gasteiger partial charge in [0.1, 0.15) is 11.3 Å². The number of nitrogens with zero attached hydrogens (tertiary/aromatic N) is 3. The van der Waals surface area contributed by atoms with Crippen LogP contribution in [0.2, 0.25) is 0 Å². The van der Waals surface area contributed by atoms with E-state index < -0.39 is 0 Å². The van der Waals surface area contributed by atoms with Crippen LogP contribution in [0.1, 0.15) is 38.4 Å². The van der Waals surface area contributed by atoms with E-state index in [1.807, 2.05) is 19.1 Å². The number of ether oxygens (including phenoxy) is 2. The molecular formula is C15H20ClN3O2. The van der Waals surface area contributed by atoms with Gasteiger partial charge in [0, 0.05) is 12.7 Å². The molecule has 3 unspecified atom stereocenters. The summed E-state index contributed by atoms with van der Waals surface area (Å²) in [4.78, 5) is 9.25. The summed E-state index contributed by atoms with van der Waals surface area (Å²) in [5.41, 5.74) is 1.43. The van der Waals surface area contributed by atoms with Crippen LogP contribution in [0.5, 0.6) is 5.88 Å². The summed E-state index contributed by atoms with van der Waals surface area (Å²) in [6.45, 7) is 6.93. The minimum absolute atomic E-state index is 0.0806. The van der Waals surface area contributed by atoms with Gasteiger partial charge in [-0.25, -0.2) is 4.98 Å². The number of imidazole rings is 1. The third-order valence-corrected chi connectivity index (χ3v) is 4.63. The lowest BCUT2D eigenvalue weighted by Crippen LogP contribution is -2.38. The number of alkyl halides is 1. The Labute approximate surface area is 129 Å². The lowest BCUT2D eigenvalue weighted by atomic mass is 9.94. The molecule has 1 aliphatic heterocycles. The van der Waals surface area contributed by atoms with Crippen molar-refractivity contribution in [1.82, 2.24) is 14.5 Å². The van der Waals surface area contributed by atoms with Gasteiger partial charge in [-0.05, 0) is 33.3 Å². The van der Waals surface area contributed by atoms with E-state index in [1.54, 1.807) is 7.11 Å². The SMILES string of the molecule is COc1ccc2nc(C(C)Cl)n(C3(C)CCOC3C)c2n1. The number of halogens is 1. The molecule has 0 N–H and O–H groups in total. The highest BCUT2D eigenvalue weighted by molar-refractivity contribution is 6.20. The molecule has 114 valence electrons. The maximum atomic E-state index is 6.36.